The lowest BCUT2D eigenvalue weighted by Gasteiger charge is -2.27. The van der Waals surface area contributed by atoms with Crippen LogP contribution in [-0.4, -0.2) is 39.1 Å². The van der Waals surface area contributed by atoms with Gasteiger partial charge in [-0.3, -0.25) is 14.5 Å². The summed E-state index contributed by atoms with van der Waals surface area (Å²) in [5, 5.41) is 10.2. The molecule has 186 valence electrons. The van der Waals surface area contributed by atoms with Gasteiger partial charge in [0.1, 0.15) is 12.4 Å². The van der Waals surface area contributed by atoms with Crippen LogP contribution in [0.15, 0.2) is 91.0 Å². The number of aryl methyl sites for hydroxylation is 2. The zero-order valence-corrected chi connectivity index (χ0v) is 20.6. The van der Waals surface area contributed by atoms with E-state index in [1.807, 2.05) is 98.8 Å². The molecular weight excluding hydrogens is 466 g/mol. The summed E-state index contributed by atoms with van der Waals surface area (Å²) in [7, 11) is 0. The average molecular weight is 494 g/mol. The smallest absolute Gasteiger partial charge is 0.319 e. The molecule has 1 aliphatic heterocycles. The number of amides is 4. The largest absolute Gasteiger partial charge is 0.325 e. The van der Waals surface area contributed by atoms with E-state index in [9.17, 15) is 14.4 Å². The third-order valence-electron chi connectivity index (χ3n) is 6.43. The van der Waals surface area contributed by atoms with Crippen LogP contribution < -0.4 is 10.6 Å². The van der Waals surface area contributed by atoms with Gasteiger partial charge in [-0.15, -0.1) is 0 Å². The molecule has 2 heterocycles. The van der Waals surface area contributed by atoms with Crippen LogP contribution in [0, 0.1) is 13.8 Å². The molecule has 2 N–H and O–H groups in total. The van der Waals surface area contributed by atoms with Gasteiger partial charge >= 0.3 is 6.03 Å². The topological polar surface area (TPSA) is 96.3 Å². The Morgan fingerprint density at radius 1 is 0.919 bits per heavy atom. The van der Waals surface area contributed by atoms with Gasteiger partial charge in [-0.05, 0) is 37.1 Å². The number of rotatable bonds is 7. The number of aromatic nitrogens is 2. The second-order valence-electron chi connectivity index (χ2n) is 9.22. The minimum absolute atomic E-state index is 0.264. The number of hydrogen-bond donors (Lipinski definition) is 2. The standard InChI is InChI=1S/C29H27N5O3/c1-20-13-15-24(16-14-20)34-25(17-21(2)32-34)30-26(35)19-33-27(36)29(31-28(33)37,23-11-7-4-8-12-23)18-22-9-5-3-6-10-22/h3-17H,18-19H2,1-2H3,(H,30,35)(H,31,37). The van der Waals surface area contributed by atoms with Crippen molar-refractivity contribution < 1.29 is 14.4 Å². The molecule has 1 atom stereocenters. The van der Waals surface area contributed by atoms with Crippen molar-refractivity contribution in [3.63, 3.8) is 0 Å². The highest BCUT2D eigenvalue weighted by Crippen LogP contribution is 2.33. The van der Waals surface area contributed by atoms with E-state index in [-0.39, 0.29) is 6.42 Å². The molecule has 0 saturated carbocycles. The van der Waals surface area contributed by atoms with Crippen molar-refractivity contribution in [1.82, 2.24) is 20.0 Å². The van der Waals surface area contributed by atoms with Gasteiger partial charge < -0.3 is 10.6 Å². The Kier molecular flexibility index (Phi) is 6.31. The van der Waals surface area contributed by atoms with Gasteiger partial charge in [-0.1, -0.05) is 78.4 Å². The van der Waals surface area contributed by atoms with Gasteiger partial charge in [0.25, 0.3) is 5.91 Å². The summed E-state index contributed by atoms with van der Waals surface area (Å²) >= 11 is 0. The first-order chi connectivity index (χ1) is 17.9. The summed E-state index contributed by atoms with van der Waals surface area (Å²) in [5.74, 6) is -0.511. The Bertz CT molecular complexity index is 1450. The molecule has 8 heteroatoms. The molecule has 0 bridgehead atoms. The van der Waals surface area contributed by atoms with Crippen molar-refractivity contribution in [2.45, 2.75) is 25.8 Å². The second kappa shape index (κ2) is 9.73. The van der Waals surface area contributed by atoms with Crippen molar-refractivity contribution in [2.75, 3.05) is 11.9 Å². The minimum atomic E-state index is -1.31. The monoisotopic (exact) mass is 493 g/mol. The zero-order chi connectivity index (χ0) is 26.0. The molecule has 4 aromatic rings. The molecule has 4 amide bonds. The Labute approximate surface area is 214 Å². The number of carbonyl (C=O) groups excluding carboxylic acids is 3. The fourth-order valence-corrected chi connectivity index (χ4v) is 4.61. The van der Waals surface area contributed by atoms with Gasteiger partial charge in [0.2, 0.25) is 5.91 Å². The maximum absolute atomic E-state index is 13.8. The Morgan fingerprint density at radius 3 is 2.24 bits per heavy atom. The lowest BCUT2D eigenvalue weighted by molar-refractivity contribution is -0.134. The summed E-state index contributed by atoms with van der Waals surface area (Å²) in [6, 6.07) is 27.5. The van der Waals surface area contributed by atoms with E-state index in [1.165, 1.54) is 0 Å². The Morgan fingerprint density at radius 2 is 1.57 bits per heavy atom. The predicted octanol–water partition coefficient (Wildman–Crippen LogP) is 4.12. The van der Waals surface area contributed by atoms with Gasteiger partial charge in [0.15, 0.2) is 5.54 Å². The van der Waals surface area contributed by atoms with Crippen molar-refractivity contribution in [1.29, 1.82) is 0 Å². The van der Waals surface area contributed by atoms with E-state index in [1.54, 1.807) is 10.7 Å². The van der Waals surface area contributed by atoms with Gasteiger partial charge in [0, 0.05) is 12.5 Å². The fourth-order valence-electron chi connectivity index (χ4n) is 4.61. The van der Waals surface area contributed by atoms with Gasteiger partial charge in [-0.25, -0.2) is 9.48 Å². The first-order valence-electron chi connectivity index (χ1n) is 12.0. The van der Waals surface area contributed by atoms with Crippen molar-refractivity contribution >= 4 is 23.7 Å². The van der Waals surface area contributed by atoms with E-state index in [0.29, 0.717) is 11.4 Å². The number of anilines is 1. The molecule has 0 radical (unpaired) electrons. The number of benzene rings is 3. The van der Waals surface area contributed by atoms with Crippen molar-refractivity contribution in [2.24, 2.45) is 0 Å². The molecule has 1 aromatic heterocycles. The third kappa shape index (κ3) is 4.73. The SMILES string of the molecule is Cc1ccc(-n2nc(C)cc2NC(=O)CN2C(=O)NC(Cc3ccccc3)(c3ccccc3)C2=O)cc1. The molecule has 0 spiro atoms. The normalized spacial score (nSPS) is 17.1. The summed E-state index contributed by atoms with van der Waals surface area (Å²) in [6.45, 7) is 3.40. The predicted molar refractivity (Wildman–Crippen MR) is 140 cm³/mol. The van der Waals surface area contributed by atoms with Crippen LogP contribution in [0.3, 0.4) is 0 Å². The van der Waals surface area contributed by atoms with Crippen LogP contribution in [0.5, 0.6) is 0 Å². The van der Waals surface area contributed by atoms with E-state index >= 15 is 0 Å². The van der Waals surface area contributed by atoms with Crippen molar-refractivity contribution in [3.05, 3.63) is 113 Å². The van der Waals surface area contributed by atoms with E-state index in [0.717, 1.165) is 27.4 Å². The molecule has 1 unspecified atom stereocenters. The lowest BCUT2D eigenvalue weighted by atomic mass is 9.83. The highest BCUT2D eigenvalue weighted by Gasteiger charge is 2.52. The number of nitrogens with zero attached hydrogens (tertiary/aromatic N) is 3. The van der Waals surface area contributed by atoms with E-state index in [4.69, 9.17) is 0 Å². The van der Waals surface area contributed by atoms with Crippen LogP contribution in [0.4, 0.5) is 10.6 Å². The highest BCUT2D eigenvalue weighted by atomic mass is 16.2. The first kappa shape index (κ1) is 24.0. The Hall–Kier alpha value is -4.72. The molecule has 3 aromatic carbocycles. The highest BCUT2D eigenvalue weighted by molar-refractivity contribution is 6.10. The van der Waals surface area contributed by atoms with E-state index in [2.05, 4.69) is 15.7 Å². The molecule has 1 saturated heterocycles. The summed E-state index contributed by atoms with van der Waals surface area (Å²) in [5.41, 5.74) is 2.86. The Balaban J connectivity index is 1.39. The fraction of sp³-hybridized carbons (Fsp3) is 0.172. The number of carbonyl (C=O) groups is 3. The number of nitrogens with one attached hydrogen (secondary N) is 2. The van der Waals surface area contributed by atoms with Crippen LogP contribution in [-0.2, 0) is 21.5 Å². The summed E-state index contributed by atoms with van der Waals surface area (Å²) in [6.07, 6.45) is 0.264. The van der Waals surface area contributed by atoms with Crippen LogP contribution >= 0.6 is 0 Å². The maximum atomic E-state index is 13.8. The minimum Gasteiger partial charge on any atom is -0.319 e. The molecular formula is C29H27N5O3. The second-order valence-corrected chi connectivity index (χ2v) is 9.22. The zero-order valence-electron chi connectivity index (χ0n) is 20.6. The first-order valence-corrected chi connectivity index (χ1v) is 12.0. The molecule has 0 aliphatic carbocycles. The van der Waals surface area contributed by atoms with Gasteiger partial charge in [0.05, 0.1) is 11.4 Å². The lowest BCUT2D eigenvalue weighted by Crippen LogP contribution is -2.46. The average Bonchev–Trinajstić information content (AvgIpc) is 3.37. The van der Waals surface area contributed by atoms with Crippen LogP contribution in [0.2, 0.25) is 0 Å². The van der Waals surface area contributed by atoms with Crippen LogP contribution in [0.25, 0.3) is 5.69 Å². The molecule has 37 heavy (non-hydrogen) atoms. The molecule has 5 rings (SSSR count). The number of hydrogen-bond acceptors (Lipinski definition) is 4. The molecule has 8 nitrogen and oxygen atoms in total. The van der Waals surface area contributed by atoms with Crippen LogP contribution in [0.1, 0.15) is 22.4 Å². The van der Waals surface area contributed by atoms with E-state index < -0.39 is 29.9 Å². The van der Waals surface area contributed by atoms with Crippen molar-refractivity contribution in [3.8, 4) is 5.69 Å². The summed E-state index contributed by atoms with van der Waals surface area (Å²) < 4.78 is 1.63. The number of urea groups is 1. The number of imide groups is 1. The maximum Gasteiger partial charge on any atom is 0.325 e. The summed E-state index contributed by atoms with van der Waals surface area (Å²) in [4.78, 5) is 40.9. The quantitative estimate of drug-likeness (QED) is 0.379. The third-order valence-corrected chi connectivity index (χ3v) is 6.43. The molecule has 1 aliphatic rings. The van der Waals surface area contributed by atoms with Gasteiger partial charge in [-0.2, -0.15) is 5.10 Å². The molecule has 1 fully saturated rings.